The molecule has 0 aliphatic heterocycles. The van der Waals surface area contributed by atoms with E-state index in [-0.39, 0.29) is 6.10 Å². The van der Waals surface area contributed by atoms with Gasteiger partial charge in [0.1, 0.15) is 0 Å². The van der Waals surface area contributed by atoms with Gasteiger partial charge in [0.05, 0.1) is 16.8 Å². The summed E-state index contributed by atoms with van der Waals surface area (Å²) in [5, 5.41) is 6.60. The predicted molar refractivity (Wildman–Crippen MR) is 59.9 cm³/mol. The molecule has 0 aromatic carbocycles. The zero-order chi connectivity index (χ0) is 10.4. The highest BCUT2D eigenvalue weighted by atomic mass is 32.1. The lowest BCUT2D eigenvalue weighted by molar-refractivity contribution is 0.117. The van der Waals surface area contributed by atoms with Gasteiger partial charge in [0.25, 0.3) is 0 Å². The monoisotopic (exact) mass is 214 g/mol. The molecule has 1 aromatic heterocycles. The lowest BCUT2D eigenvalue weighted by atomic mass is 10.3. The highest BCUT2D eigenvalue weighted by molar-refractivity contribution is 7.09. The zero-order valence-corrected chi connectivity index (χ0v) is 9.86. The molecule has 0 aliphatic carbocycles. The van der Waals surface area contributed by atoms with Crippen LogP contribution in [0.4, 0.5) is 0 Å². The lowest BCUT2D eigenvalue weighted by Gasteiger charge is -2.09. The molecule has 14 heavy (non-hydrogen) atoms. The van der Waals surface area contributed by atoms with Crippen molar-refractivity contribution in [1.29, 1.82) is 0 Å². The molecule has 4 heteroatoms. The number of hydrogen-bond acceptors (Lipinski definition) is 4. The van der Waals surface area contributed by atoms with Crippen molar-refractivity contribution in [3.05, 3.63) is 16.1 Å². The molecule has 1 unspecified atom stereocenters. The van der Waals surface area contributed by atoms with Gasteiger partial charge < -0.3 is 10.1 Å². The Morgan fingerprint density at radius 3 is 3.00 bits per heavy atom. The maximum Gasteiger partial charge on any atom is 0.0897 e. The largest absolute Gasteiger partial charge is 0.380 e. The molecule has 0 saturated carbocycles. The summed E-state index contributed by atoms with van der Waals surface area (Å²) in [5.74, 6) is 0. The summed E-state index contributed by atoms with van der Waals surface area (Å²) in [6.07, 6.45) is 1.29. The van der Waals surface area contributed by atoms with Gasteiger partial charge in [-0.1, -0.05) is 0 Å². The molecule has 1 N–H and O–H groups in total. The number of thiazole rings is 1. The Bertz CT molecular complexity index is 262. The maximum atomic E-state index is 5.13. The van der Waals surface area contributed by atoms with Gasteiger partial charge in [-0.25, -0.2) is 4.98 Å². The van der Waals surface area contributed by atoms with Crippen molar-refractivity contribution in [2.45, 2.75) is 26.4 Å². The van der Waals surface area contributed by atoms with Crippen LogP contribution in [-0.2, 0) is 11.2 Å². The molecule has 0 bridgehead atoms. The number of aromatic nitrogens is 1. The van der Waals surface area contributed by atoms with Gasteiger partial charge in [-0.15, -0.1) is 11.3 Å². The summed E-state index contributed by atoms with van der Waals surface area (Å²) in [5.41, 5.74) is 1.19. The Morgan fingerprint density at radius 2 is 2.43 bits per heavy atom. The molecule has 80 valence electrons. The van der Waals surface area contributed by atoms with Crippen molar-refractivity contribution in [2.75, 3.05) is 20.2 Å². The molecular weight excluding hydrogens is 196 g/mol. The normalized spacial score (nSPS) is 13.1. The van der Waals surface area contributed by atoms with E-state index in [2.05, 4.69) is 22.6 Å². The van der Waals surface area contributed by atoms with Crippen molar-refractivity contribution in [3.63, 3.8) is 0 Å². The van der Waals surface area contributed by atoms with E-state index in [1.54, 1.807) is 18.4 Å². The third kappa shape index (κ3) is 4.17. The van der Waals surface area contributed by atoms with Crippen molar-refractivity contribution < 1.29 is 4.74 Å². The molecule has 3 nitrogen and oxygen atoms in total. The molecule has 0 saturated heterocycles. The van der Waals surface area contributed by atoms with Gasteiger partial charge in [0.2, 0.25) is 0 Å². The summed E-state index contributed by atoms with van der Waals surface area (Å²) >= 11 is 1.71. The molecular formula is C10H18N2OS. The first kappa shape index (κ1) is 11.6. The Balaban J connectivity index is 2.10. The van der Waals surface area contributed by atoms with Gasteiger partial charge >= 0.3 is 0 Å². The Kier molecular flexibility index (Phi) is 5.07. The highest BCUT2D eigenvalue weighted by Crippen LogP contribution is 2.07. The maximum absolute atomic E-state index is 5.13. The van der Waals surface area contributed by atoms with E-state index in [1.165, 1.54) is 5.69 Å². The molecule has 0 aliphatic rings. The topological polar surface area (TPSA) is 34.1 Å². The summed E-state index contributed by atoms with van der Waals surface area (Å²) in [7, 11) is 1.73. The van der Waals surface area contributed by atoms with E-state index in [0.29, 0.717) is 0 Å². The van der Waals surface area contributed by atoms with Crippen molar-refractivity contribution >= 4 is 11.3 Å². The molecule has 0 fully saturated rings. The number of ether oxygens (including phenoxy) is 1. The van der Waals surface area contributed by atoms with Crippen molar-refractivity contribution in [3.8, 4) is 0 Å². The van der Waals surface area contributed by atoms with Crippen LogP contribution in [0.2, 0.25) is 0 Å². The third-order valence-electron chi connectivity index (χ3n) is 2.06. The number of methoxy groups -OCH3 is 1. The minimum Gasteiger partial charge on any atom is -0.380 e. The van der Waals surface area contributed by atoms with Crippen LogP contribution in [0.25, 0.3) is 0 Å². The number of hydrogen-bond donors (Lipinski definition) is 1. The summed E-state index contributed by atoms with van der Waals surface area (Å²) in [4.78, 5) is 4.39. The van der Waals surface area contributed by atoms with Gasteiger partial charge in [0, 0.05) is 32.0 Å². The second-order valence-corrected chi connectivity index (χ2v) is 4.42. The molecule has 1 heterocycles. The summed E-state index contributed by atoms with van der Waals surface area (Å²) in [6, 6.07) is 0. The van der Waals surface area contributed by atoms with Crippen LogP contribution >= 0.6 is 11.3 Å². The summed E-state index contributed by atoms with van der Waals surface area (Å²) in [6.45, 7) is 5.96. The van der Waals surface area contributed by atoms with Gasteiger partial charge in [-0.05, 0) is 13.8 Å². The average Bonchev–Trinajstić information content (AvgIpc) is 2.58. The fourth-order valence-electron chi connectivity index (χ4n) is 1.13. The van der Waals surface area contributed by atoms with Crippen LogP contribution < -0.4 is 5.32 Å². The van der Waals surface area contributed by atoms with E-state index >= 15 is 0 Å². The molecule has 1 rings (SSSR count). The molecule has 0 radical (unpaired) electrons. The molecule has 1 aromatic rings. The third-order valence-corrected chi connectivity index (χ3v) is 2.88. The number of rotatable bonds is 6. The Labute approximate surface area is 89.5 Å². The highest BCUT2D eigenvalue weighted by Gasteiger charge is 2.00. The van der Waals surface area contributed by atoms with E-state index in [0.717, 1.165) is 24.5 Å². The van der Waals surface area contributed by atoms with Crippen LogP contribution in [-0.4, -0.2) is 31.3 Å². The smallest absolute Gasteiger partial charge is 0.0897 e. The van der Waals surface area contributed by atoms with Crippen LogP contribution in [0.15, 0.2) is 5.38 Å². The second kappa shape index (κ2) is 6.11. The van der Waals surface area contributed by atoms with E-state index in [1.807, 2.05) is 6.92 Å². The predicted octanol–water partition coefficient (Wildman–Crippen LogP) is 1.62. The fourth-order valence-corrected chi connectivity index (χ4v) is 1.78. The van der Waals surface area contributed by atoms with E-state index in [4.69, 9.17) is 4.74 Å². The Morgan fingerprint density at radius 1 is 1.64 bits per heavy atom. The van der Waals surface area contributed by atoms with Gasteiger partial charge in [-0.3, -0.25) is 0 Å². The number of aryl methyl sites for hydroxylation is 1. The SMILES string of the molecule is COC(C)CNCCc1csc(C)n1. The number of nitrogens with one attached hydrogen (secondary N) is 1. The van der Waals surface area contributed by atoms with Crippen LogP contribution in [0.3, 0.4) is 0 Å². The first-order valence-electron chi connectivity index (χ1n) is 4.87. The van der Waals surface area contributed by atoms with Crippen LogP contribution in [0.1, 0.15) is 17.6 Å². The number of nitrogens with zero attached hydrogens (tertiary/aromatic N) is 1. The van der Waals surface area contributed by atoms with Gasteiger partial charge in [-0.2, -0.15) is 0 Å². The van der Waals surface area contributed by atoms with Crippen molar-refractivity contribution in [1.82, 2.24) is 10.3 Å². The standard InChI is InChI=1S/C10H18N2OS/c1-8(13-3)6-11-5-4-10-7-14-9(2)12-10/h7-8,11H,4-6H2,1-3H3. The first-order valence-corrected chi connectivity index (χ1v) is 5.75. The minimum atomic E-state index is 0.284. The second-order valence-electron chi connectivity index (χ2n) is 3.36. The molecule has 1 atom stereocenters. The minimum absolute atomic E-state index is 0.284. The van der Waals surface area contributed by atoms with Crippen LogP contribution in [0.5, 0.6) is 0 Å². The molecule has 0 amide bonds. The summed E-state index contributed by atoms with van der Waals surface area (Å²) < 4.78 is 5.13. The first-order chi connectivity index (χ1) is 6.72. The lowest BCUT2D eigenvalue weighted by Crippen LogP contribution is -2.27. The fraction of sp³-hybridized carbons (Fsp3) is 0.700. The zero-order valence-electron chi connectivity index (χ0n) is 9.04. The van der Waals surface area contributed by atoms with Crippen LogP contribution in [0, 0.1) is 6.92 Å². The Hall–Kier alpha value is -0.450. The van der Waals surface area contributed by atoms with E-state index < -0.39 is 0 Å². The quantitative estimate of drug-likeness (QED) is 0.731. The average molecular weight is 214 g/mol. The molecule has 0 spiro atoms. The van der Waals surface area contributed by atoms with Crippen molar-refractivity contribution in [2.24, 2.45) is 0 Å². The van der Waals surface area contributed by atoms with E-state index in [9.17, 15) is 0 Å². The van der Waals surface area contributed by atoms with Gasteiger partial charge in [0.15, 0.2) is 0 Å².